The summed E-state index contributed by atoms with van der Waals surface area (Å²) in [5, 5.41) is 8.13. The summed E-state index contributed by atoms with van der Waals surface area (Å²) in [5.74, 6) is -0.119. The molecule has 1 heterocycles. The molecule has 32 heavy (non-hydrogen) atoms. The minimum absolute atomic E-state index is 0.0323. The third kappa shape index (κ3) is 5.19. The van der Waals surface area contributed by atoms with Gasteiger partial charge in [0, 0.05) is 49.7 Å². The van der Waals surface area contributed by atoms with Crippen LogP contribution in [0.5, 0.6) is 0 Å². The van der Waals surface area contributed by atoms with Crippen molar-refractivity contribution < 1.29 is 9.59 Å². The van der Waals surface area contributed by atoms with Gasteiger partial charge in [-0.15, -0.1) is 0 Å². The number of fused-ring (bicyclic) bond motifs is 1. The largest absolute Gasteiger partial charge is 0.368 e. The van der Waals surface area contributed by atoms with Gasteiger partial charge in [0.25, 0.3) is 5.91 Å². The van der Waals surface area contributed by atoms with Crippen molar-refractivity contribution in [3.05, 3.63) is 72.3 Å². The van der Waals surface area contributed by atoms with E-state index >= 15 is 0 Å². The van der Waals surface area contributed by atoms with Gasteiger partial charge in [0.05, 0.1) is 0 Å². The molecule has 1 fully saturated rings. The number of amides is 3. The number of carbonyl (C=O) groups excluding carboxylic acids is 2. The molecular formula is C26H30N4O2. The van der Waals surface area contributed by atoms with Crippen LogP contribution in [0.3, 0.4) is 0 Å². The lowest BCUT2D eigenvalue weighted by Gasteiger charge is -2.36. The minimum atomic E-state index is -0.119. The summed E-state index contributed by atoms with van der Waals surface area (Å²) < 4.78 is 0. The van der Waals surface area contributed by atoms with Crippen LogP contribution in [0, 0.1) is 0 Å². The number of nitrogens with one attached hydrogen (secondary N) is 2. The van der Waals surface area contributed by atoms with E-state index < -0.39 is 0 Å². The fourth-order valence-corrected chi connectivity index (χ4v) is 3.94. The average molecular weight is 431 g/mol. The number of benzene rings is 3. The maximum atomic E-state index is 12.7. The highest BCUT2D eigenvalue weighted by Crippen LogP contribution is 2.21. The van der Waals surface area contributed by atoms with Crippen LogP contribution in [-0.2, 0) is 0 Å². The summed E-state index contributed by atoms with van der Waals surface area (Å²) >= 11 is 0. The molecule has 3 amide bonds. The van der Waals surface area contributed by atoms with Crippen molar-refractivity contribution in [1.82, 2.24) is 10.2 Å². The van der Waals surface area contributed by atoms with Crippen LogP contribution in [0.25, 0.3) is 10.8 Å². The van der Waals surface area contributed by atoms with Crippen molar-refractivity contribution in [3.63, 3.8) is 0 Å². The number of unbranched alkanes of at least 4 members (excludes halogenated alkanes) is 1. The Bertz CT molecular complexity index is 1070. The Morgan fingerprint density at radius 3 is 2.31 bits per heavy atom. The molecule has 0 radical (unpaired) electrons. The van der Waals surface area contributed by atoms with E-state index in [9.17, 15) is 9.59 Å². The standard InChI is InChI=1S/C26H30N4O2/c1-2-3-14-27-26(32)30-17-15-29(16-18-30)24-12-10-23(11-13-24)28-25(31)22-9-8-20-6-4-5-7-21(20)19-22/h4-13,19H,2-3,14-18H2,1H3,(H,27,32)(H,28,31). The molecule has 166 valence electrons. The highest BCUT2D eigenvalue weighted by atomic mass is 16.2. The van der Waals surface area contributed by atoms with Crippen molar-refractivity contribution >= 4 is 34.1 Å². The second-order valence-corrected chi connectivity index (χ2v) is 8.12. The lowest BCUT2D eigenvalue weighted by atomic mass is 10.1. The molecule has 0 bridgehead atoms. The van der Waals surface area contributed by atoms with Gasteiger partial charge in [0.2, 0.25) is 0 Å². The first-order valence-electron chi connectivity index (χ1n) is 11.3. The topological polar surface area (TPSA) is 64.7 Å². The predicted molar refractivity (Wildman–Crippen MR) is 130 cm³/mol. The number of nitrogens with zero attached hydrogens (tertiary/aromatic N) is 2. The van der Waals surface area contributed by atoms with E-state index in [0.29, 0.717) is 18.7 Å². The number of hydrogen-bond acceptors (Lipinski definition) is 3. The Kier molecular flexibility index (Phi) is 6.90. The maximum Gasteiger partial charge on any atom is 0.317 e. The lowest BCUT2D eigenvalue weighted by Crippen LogP contribution is -2.52. The summed E-state index contributed by atoms with van der Waals surface area (Å²) in [6.45, 7) is 5.86. The molecule has 4 rings (SSSR count). The van der Waals surface area contributed by atoms with Crippen molar-refractivity contribution in [3.8, 4) is 0 Å². The summed E-state index contributed by atoms with van der Waals surface area (Å²) in [6, 6.07) is 21.7. The average Bonchev–Trinajstić information content (AvgIpc) is 2.84. The van der Waals surface area contributed by atoms with Crippen molar-refractivity contribution in [2.24, 2.45) is 0 Å². The number of urea groups is 1. The monoisotopic (exact) mass is 430 g/mol. The first kappa shape index (κ1) is 21.7. The first-order valence-corrected chi connectivity index (χ1v) is 11.3. The van der Waals surface area contributed by atoms with Crippen molar-refractivity contribution in [2.45, 2.75) is 19.8 Å². The Morgan fingerprint density at radius 1 is 0.875 bits per heavy atom. The molecule has 3 aromatic carbocycles. The second-order valence-electron chi connectivity index (χ2n) is 8.12. The molecule has 0 atom stereocenters. The quantitative estimate of drug-likeness (QED) is 0.556. The van der Waals surface area contributed by atoms with Gasteiger partial charge in [-0.05, 0) is 53.6 Å². The molecule has 0 saturated carbocycles. The van der Waals surface area contributed by atoms with Gasteiger partial charge >= 0.3 is 6.03 Å². The third-order valence-corrected chi connectivity index (χ3v) is 5.88. The molecule has 6 heteroatoms. The molecule has 1 aliphatic heterocycles. The maximum absolute atomic E-state index is 12.7. The highest BCUT2D eigenvalue weighted by Gasteiger charge is 2.21. The van der Waals surface area contributed by atoms with Crippen LogP contribution in [-0.4, -0.2) is 49.6 Å². The van der Waals surface area contributed by atoms with Gasteiger partial charge in [-0.1, -0.05) is 43.7 Å². The molecule has 0 unspecified atom stereocenters. The fraction of sp³-hybridized carbons (Fsp3) is 0.308. The summed E-state index contributed by atoms with van der Waals surface area (Å²) in [6.07, 6.45) is 2.09. The van der Waals surface area contributed by atoms with E-state index in [2.05, 4.69) is 22.5 Å². The smallest absolute Gasteiger partial charge is 0.317 e. The number of carbonyl (C=O) groups is 2. The molecule has 6 nitrogen and oxygen atoms in total. The molecule has 2 N–H and O–H groups in total. The molecule has 0 aliphatic carbocycles. The van der Waals surface area contributed by atoms with Crippen molar-refractivity contribution in [2.75, 3.05) is 42.9 Å². The van der Waals surface area contributed by atoms with E-state index in [4.69, 9.17) is 0 Å². The van der Waals surface area contributed by atoms with Crippen LogP contribution >= 0.6 is 0 Å². The van der Waals surface area contributed by atoms with E-state index in [1.807, 2.05) is 71.6 Å². The van der Waals surface area contributed by atoms with Crippen LogP contribution in [0.2, 0.25) is 0 Å². The molecule has 1 aliphatic rings. The Hall–Kier alpha value is -3.54. The minimum Gasteiger partial charge on any atom is -0.368 e. The Balaban J connectivity index is 1.31. The van der Waals surface area contributed by atoms with Gasteiger partial charge in [-0.3, -0.25) is 4.79 Å². The molecule has 0 aromatic heterocycles. The van der Waals surface area contributed by atoms with Crippen LogP contribution in [0.4, 0.5) is 16.2 Å². The second kappa shape index (κ2) is 10.2. The number of anilines is 2. The third-order valence-electron chi connectivity index (χ3n) is 5.88. The predicted octanol–water partition coefficient (Wildman–Crippen LogP) is 4.72. The molecule has 3 aromatic rings. The number of rotatable bonds is 6. The lowest BCUT2D eigenvalue weighted by molar-refractivity contribution is 0.102. The summed E-state index contributed by atoms with van der Waals surface area (Å²) in [7, 11) is 0. The van der Waals surface area contributed by atoms with Gasteiger partial charge in [0.15, 0.2) is 0 Å². The van der Waals surface area contributed by atoms with E-state index in [1.54, 1.807) is 0 Å². The van der Waals surface area contributed by atoms with Crippen LogP contribution in [0.15, 0.2) is 66.7 Å². The van der Waals surface area contributed by atoms with Gasteiger partial charge in [-0.25, -0.2) is 4.79 Å². The van der Waals surface area contributed by atoms with Gasteiger partial charge in [-0.2, -0.15) is 0 Å². The van der Waals surface area contributed by atoms with Crippen LogP contribution in [0.1, 0.15) is 30.1 Å². The van der Waals surface area contributed by atoms with E-state index in [0.717, 1.165) is 54.6 Å². The summed E-state index contributed by atoms with van der Waals surface area (Å²) in [5.41, 5.74) is 2.50. The van der Waals surface area contributed by atoms with Crippen LogP contribution < -0.4 is 15.5 Å². The van der Waals surface area contributed by atoms with Gasteiger partial charge < -0.3 is 20.4 Å². The zero-order chi connectivity index (χ0) is 22.3. The van der Waals surface area contributed by atoms with Crippen molar-refractivity contribution in [1.29, 1.82) is 0 Å². The highest BCUT2D eigenvalue weighted by molar-refractivity contribution is 6.06. The summed E-state index contributed by atoms with van der Waals surface area (Å²) in [4.78, 5) is 29.0. The molecular weight excluding hydrogens is 400 g/mol. The SMILES string of the molecule is CCCCNC(=O)N1CCN(c2ccc(NC(=O)c3ccc4ccccc4c3)cc2)CC1. The van der Waals surface area contributed by atoms with E-state index in [-0.39, 0.29) is 11.9 Å². The normalized spacial score (nSPS) is 13.8. The first-order chi connectivity index (χ1) is 15.6. The molecule has 1 saturated heterocycles. The number of hydrogen-bond donors (Lipinski definition) is 2. The van der Waals surface area contributed by atoms with E-state index in [1.165, 1.54) is 0 Å². The zero-order valence-electron chi connectivity index (χ0n) is 18.5. The Morgan fingerprint density at radius 2 is 1.59 bits per heavy atom. The number of piperazine rings is 1. The fourth-order valence-electron chi connectivity index (χ4n) is 3.94. The van der Waals surface area contributed by atoms with Gasteiger partial charge in [0.1, 0.15) is 0 Å². The molecule has 0 spiro atoms. The zero-order valence-corrected chi connectivity index (χ0v) is 18.5. The Labute approximate surface area is 189 Å².